The van der Waals surface area contributed by atoms with Gasteiger partial charge in [-0.15, -0.1) is 35.7 Å². The van der Waals surface area contributed by atoms with Crippen LogP contribution >= 0.6 is 35.7 Å². The second-order valence-electron chi connectivity index (χ2n) is 3.89. The normalized spacial score (nSPS) is 12.7. The van der Waals surface area contributed by atoms with Crippen molar-refractivity contribution in [2.75, 3.05) is 13.1 Å². The van der Waals surface area contributed by atoms with Crippen molar-refractivity contribution in [3.8, 4) is 0 Å². The highest BCUT2D eigenvalue weighted by molar-refractivity contribution is 14.0. The van der Waals surface area contributed by atoms with Crippen molar-refractivity contribution in [2.24, 2.45) is 10.7 Å². The molecule has 0 bridgehead atoms. The molecule has 0 aliphatic rings. The van der Waals surface area contributed by atoms with E-state index in [4.69, 9.17) is 5.73 Å². The standard InChI is InChI=1S/C13H21N3S.HI/c1-3-9-15-13(14)16-10-11(2)17-12-7-5-4-6-8-12;/h4-8,11H,3,9-10H2,1-2H3,(H3,14,15,16);1H. The molecule has 0 aliphatic heterocycles. The molecular weight excluding hydrogens is 357 g/mol. The molecule has 0 spiro atoms. The number of thioether (sulfide) groups is 1. The fourth-order valence-electron chi connectivity index (χ4n) is 1.30. The molecule has 1 rings (SSSR count). The first-order valence-corrected chi connectivity index (χ1v) is 6.85. The number of nitrogens with one attached hydrogen (secondary N) is 1. The van der Waals surface area contributed by atoms with E-state index in [9.17, 15) is 0 Å². The van der Waals surface area contributed by atoms with E-state index in [1.54, 1.807) is 0 Å². The Hall–Kier alpha value is -0.430. The van der Waals surface area contributed by atoms with Crippen LogP contribution in [0, 0.1) is 0 Å². The molecule has 0 heterocycles. The maximum Gasteiger partial charge on any atom is 0.188 e. The van der Waals surface area contributed by atoms with Gasteiger partial charge in [0.2, 0.25) is 0 Å². The van der Waals surface area contributed by atoms with Crippen molar-refractivity contribution >= 4 is 41.7 Å². The van der Waals surface area contributed by atoms with Gasteiger partial charge in [0.15, 0.2) is 5.96 Å². The summed E-state index contributed by atoms with van der Waals surface area (Å²) in [4.78, 5) is 5.59. The summed E-state index contributed by atoms with van der Waals surface area (Å²) >= 11 is 1.82. The van der Waals surface area contributed by atoms with Gasteiger partial charge in [0.25, 0.3) is 0 Å². The highest BCUT2D eigenvalue weighted by Gasteiger charge is 2.03. The molecule has 3 N–H and O–H groups in total. The van der Waals surface area contributed by atoms with E-state index in [2.05, 4.69) is 48.4 Å². The van der Waals surface area contributed by atoms with Crippen LogP contribution in [0.25, 0.3) is 0 Å². The van der Waals surface area contributed by atoms with Gasteiger partial charge < -0.3 is 11.1 Å². The number of nitrogens with two attached hydrogens (primary N) is 1. The number of hydrogen-bond acceptors (Lipinski definition) is 2. The van der Waals surface area contributed by atoms with Gasteiger partial charge in [0, 0.05) is 16.7 Å². The van der Waals surface area contributed by atoms with Crippen molar-refractivity contribution in [1.82, 2.24) is 5.32 Å². The summed E-state index contributed by atoms with van der Waals surface area (Å²) in [5.74, 6) is 0.548. The lowest BCUT2D eigenvalue weighted by Crippen LogP contribution is -2.32. The van der Waals surface area contributed by atoms with Gasteiger partial charge in [-0.05, 0) is 18.6 Å². The maximum absolute atomic E-state index is 5.73. The van der Waals surface area contributed by atoms with Crippen LogP contribution in [0.5, 0.6) is 0 Å². The van der Waals surface area contributed by atoms with Gasteiger partial charge in [-0.1, -0.05) is 32.0 Å². The largest absolute Gasteiger partial charge is 0.370 e. The summed E-state index contributed by atoms with van der Waals surface area (Å²) in [6.45, 7) is 5.89. The van der Waals surface area contributed by atoms with Gasteiger partial charge in [0.1, 0.15) is 0 Å². The SMILES string of the molecule is CCCNC(N)=NCC(C)Sc1ccccc1.I. The Morgan fingerprint density at radius 3 is 2.67 bits per heavy atom. The molecule has 0 radical (unpaired) electrons. The fraction of sp³-hybridized carbons (Fsp3) is 0.462. The van der Waals surface area contributed by atoms with E-state index in [1.165, 1.54) is 4.90 Å². The van der Waals surface area contributed by atoms with Crippen LogP contribution in [0.15, 0.2) is 40.2 Å². The van der Waals surface area contributed by atoms with Crippen molar-refractivity contribution in [1.29, 1.82) is 0 Å². The molecule has 1 unspecified atom stereocenters. The fourth-order valence-corrected chi connectivity index (χ4v) is 2.23. The van der Waals surface area contributed by atoms with E-state index in [0.717, 1.165) is 19.5 Å². The summed E-state index contributed by atoms with van der Waals surface area (Å²) in [7, 11) is 0. The number of benzene rings is 1. The van der Waals surface area contributed by atoms with E-state index in [0.29, 0.717) is 11.2 Å². The molecular formula is C13H22IN3S. The number of nitrogens with zero attached hydrogens (tertiary/aromatic N) is 1. The second kappa shape index (κ2) is 10.5. The lowest BCUT2D eigenvalue weighted by molar-refractivity contribution is 0.822. The third-order valence-electron chi connectivity index (χ3n) is 2.16. The molecule has 18 heavy (non-hydrogen) atoms. The predicted molar refractivity (Wildman–Crippen MR) is 92.0 cm³/mol. The van der Waals surface area contributed by atoms with Crippen LogP contribution in [0.2, 0.25) is 0 Å². The molecule has 5 heteroatoms. The number of guanidine groups is 1. The Kier molecular flexibility index (Phi) is 10.2. The van der Waals surface area contributed by atoms with Gasteiger partial charge >= 0.3 is 0 Å². The monoisotopic (exact) mass is 379 g/mol. The number of aliphatic imine (C=N–C) groups is 1. The predicted octanol–water partition coefficient (Wildman–Crippen LogP) is 3.10. The van der Waals surface area contributed by atoms with Crippen molar-refractivity contribution < 1.29 is 0 Å². The molecule has 102 valence electrons. The minimum absolute atomic E-state index is 0. The van der Waals surface area contributed by atoms with Crippen molar-refractivity contribution in [3.63, 3.8) is 0 Å². The average Bonchev–Trinajstić information content (AvgIpc) is 2.35. The first-order valence-electron chi connectivity index (χ1n) is 5.98. The number of rotatable bonds is 6. The molecule has 0 amide bonds. The van der Waals surface area contributed by atoms with Crippen LogP contribution in [0.1, 0.15) is 20.3 Å². The lowest BCUT2D eigenvalue weighted by atomic mass is 10.4. The van der Waals surface area contributed by atoms with Gasteiger partial charge in [-0.25, -0.2) is 0 Å². The van der Waals surface area contributed by atoms with Gasteiger partial charge in [-0.3, -0.25) is 4.99 Å². The summed E-state index contributed by atoms with van der Waals surface area (Å²) in [5, 5.41) is 3.50. The second-order valence-corrected chi connectivity index (χ2v) is 5.41. The highest BCUT2D eigenvalue weighted by Crippen LogP contribution is 2.22. The Bertz CT molecular complexity index is 343. The molecule has 0 saturated heterocycles. The van der Waals surface area contributed by atoms with Crippen LogP contribution in [0.4, 0.5) is 0 Å². The van der Waals surface area contributed by atoms with Crippen molar-refractivity contribution in [2.45, 2.75) is 30.4 Å². The van der Waals surface area contributed by atoms with E-state index < -0.39 is 0 Å². The Balaban J connectivity index is 0.00000289. The van der Waals surface area contributed by atoms with Gasteiger partial charge in [-0.2, -0.15) is 0 Å². The summed E-state index contributed by atoms with van der Waals surface area (Å²) in [6.07, 6.45) is 1.06. The Morgan fingerprint density at radius 1 is 1.39 bits per heavy atom. The van der Waals surface area contributed by atoms with Crippen LogP contribution < -0.4 is 11.1 Å². The third kappa shape index (κ3) is 7.81. The topological polar surface area (TPSA) is 50.4 Å². The zero-order valence-electron chi connectivity index (χ0n) is 10.9. The highest BCUT2D eigenvalue weighted by atomic mass is 127. The Morgan fingerprint density at radius 2 is 2.06 bits per heavy atom. The minimum Gasteiger partial charge on any atom is -0.370 e. The third-order valence-corrected chi connectivity index (χ3v) is 3.25. The molecule has 3 nitrogen and oxygen atoms in total. The smallest absolute Gasteiger partial charge is 0.188 e. The summed E-state index contributed by atoms with van der Waals surface area (Å²) < 4.78 is 0. The van der Waals surface area contributed by atoms with Gasteiger partial charge in [0.05, 0.1) is 6.54 Å². The molecule has 0 fully saturated rings. The molecule has 0 saturated carbocycles. The number of halogens is 1. The van der Waals surface area contributed by atoms with Crippen LogP contribution in [0.3, 0.4) is 0 Å². The average molecular weight is 379 g/mol. The zero-order chi connectivity index (χ0) is 12.5. The number of hydrogen-bond donors (Lipinski definition) is 2. The summed E-state index contributed by atoms with van der Waals surface area (Å²) in [6, 6.07) is 10.4. The van der Waals surface area contributed by atoms with E-state index >= 15 is 0 Å². The van der Waals surface area contributed by atoms with E-state index in [1.807, 2.05) is 17.8 Å². The zero-order valence-corrected chi connectivity index (χ0v) is 14.1. The quantitative estimate of drug-likeness (QED) is 0.346. The Labute approximate surface area is 131 Å². The van der Waals surface area contributed by atoms with Crippen LogP contribution in [-0.2, 0) is 0 Å². The van der Waals surface area contributed by atoms with E-state index in [-0.39, 0.29) is 24.0 Å². The van der Waals surface area contributed by atoms with Crippen molar-refractivity contribution in [3.05, 3.63) is 30.3 Å². The molecule has 1 aromatic rings. The first-order chi connectivity index (χ1) is 8.22. The molecule has 1 atom stereocenters. The van der Waals surface area contributed by atoms with Crippen LogP contribution in [-0.4, -0.2) is 24.3 Å². The first kappa shape index (κ1) is 17.6. The molecule has 0 aromatic heterocycles. The molecule has 1 aromatic carbocycles. The summed E-state index contributed by atoms with van der Waals surface area (Å²) in [5.41, 5.74) is 5.73. The maximum atomic E-state index is 5.73. The lowest BCUT2D eigenvalue weighted by Gasteiger charge is -2.09. The molecule has 0 aliphatic carbocycles. The minimum atomic E-state index is 0.